The molecule has 0 radical (unpaired) electrons. The number of thiazole rings is 1. The number of alkyl halides is 1. The molecule has 7 heteroatoms. The second-order valence-electron chi connectivity index (χ2n) is 4.40. The van der Waals surface area contributed by atoms with Crippen molar-refractivity contribution in [1.29, 1.82) is 0 Å². The highest BCUT2D eigenvalue weighted by molar-refractivity contribution is 7.15. The predicted molar refractivity (Wildman–Crippen MR) is 75.3 cm³/mol. The minimum Gasteiger partial charge on any atom is -0.434 e. The van der Waals surface area contributed by atoms with E-state index in [0.717, 1.165) is 10.7 Å². The van der Waals surface area contributed by atoms with Crippen LogP contribution in [0, 0.1) is 0 Å². The van der Waals surface area contributed by atoms with E-state index >= 15 is 0 Å². The number of imidazole rings is 1. The van der Waals surface area contributed by atoms with Gasteiger partial charge in [-0.05, 0) is 13.8 Å². The van der Waals surface area contributed by atoms with E-state index in [1.165, 1.54) is 0 Å². The maximum absolute atomic E-state index is 5.97. The molecule has 3 heterocycles. The molecule has 0 aromatic carbocycles. The molecule has 0 aliphatic rings. The number of rotatable bonds is 4. The van der Waals surface area contributed by atoms with Crippen LogP contribution < -0.4 is 4.74 Å². The molecule has 0 atom stereocenters. The first kappa shape index (κ1) is 12.5. The van der Waals surface area contributed by atoms with Gasteiger partial charge in [0.2, 0.25) is 5.88 Å². The Kier molecular flexibility index (Phi) is 3.20. The van der Waals surface area contributed by atoms with Crippen molar-refractivity contribution in [2.24, 2.45) is 0 Å². The van der Waals surface area contributed by atoms with E-state index in [-0.39, 0.29) is 0 Å². The quantitative estimate of drug-likeness (QED) is 0.690. The molecular weight excluding hydrogens is 284 g/mol. The van der Waals surface area contributed by atoms with Gasteiger partial charge >= 0.3 is 0 Å². The van der Waals surface area contributed by atoms with Gasteiger partial charge in [-0.25, -0.2) is 0 Å². The Morgan fingerprint density at radius 2 is 2.32 bits per heavy atom. The number of halogens is 1. The van der Waals surface area contributed by atoms with Crippen LogP contribution in [0.25, 0.3) is 4.96 Å². The summed E-state index contributed by atoms with van der Waals surface area (Å²) in [6.45, 7) is 4.13. The highest BCUT2D eigenvalue weighted by Crippen LogP contribution is 2.29. The van der Waals surface area contributed by atoms with Crippen molar-refractivity contribution < 1.29 is 4.74 Å². The maximum atomic E-state index is 5.97. The summed E-state index contributed by atoms with van der Waals surface area (Å²) in [5, 5.41) is 6.21. The Labute approximate surface area is 119 Å². The first-order valence-electron chi connectivity index (χ1n) is 5.91. The number of hydrogen-bond donors (Lipinski definition) is 0. The molecule has 3 rings (SSSR count). The van der Waals surface area contributed by atoms with E-state index in [9.17, 15) is 0 Å². The largest absolute Gasteiger partial charge is 0.434 e. The van der Waals surface area contributed by atoms with Crippen LogP contribution in [-0.2, 0) is 5.88 Å². The third kappa shape index (κ3) is 2.21. The van der Waals surface area contributed by atoms with E-state index in [1.54, 1.807) is 17.5 Å². The monoisotopic (exact) mass is 296 g/mol. The molecule has 100 valence electrons. The van der Waals surface area contributed by atoms with Crippen molar-refractivity contribution in [2.75, 3.05) is 0 Å². The van der Waals surface area contributed by atoms with Crippen molar-refractivity contribution in [3.8, 4) is 11.6 Å². The topological polar surface area (TPSA) is 44.4 Å². The zero-order valence-electron chi connectivity index (χ0n) is 10.6. The van der Waals surface area contributed by atoms with Crippen LogP contribution in [0.15, 0.2) is 24.0 Å². The highest BCUT2D eigenvalue weighted by Gasteiger charge is 2.15. The Hall–Kier alpha value is -1.53. The molecule has 0 spiro atoms. The molecule has 5 nitrogen and oxygen atoms in total. The van der Waals surface area contributed by atoms with Crippen molar-refractivity contribution in [3.05, 3.63) is 29.7 Å². The standard InChI is InChI=1S/C12H13ClN4OS/c1-8(2)17-7-9(6-14-17)18-11-10(5-13)16-3-4-19-12(16)15-11/h3-4,6-8H,5H2,1-2H3. The van der Waals surface area contributed by atoms with Gasteiger partial charge in [0, 0.05) is 17.6 Å². The molecule has 3 aromatic rings. The fourth-order valence-corrected chi connectivity index (χ4v) is 2.75. The molecular formula is C12H13ClN4OS. The van der Waals surface area contributed by atoms with Gasteiger partial charge in [0.15, 0.2) is 10.7 Å². The molecule has 0 aliphatic carbocycles. The summed E-state index contributed by atoms with van der Waals surface area (Å²) >= 11 is 7.52. The zero-order chi connectivity index (χ0) is 13.4. The van der Waals surface area contributed by atoms with Gasteiger partial charge in [0.1, 0.15) is 5.69 Å². The average Bonchev–Trinajstić information content (AvgIpc) is 3.04. The number of fused-ring (bicyclic) bond motifs is 1. The van der Waals surface area contributed by atoms with Gasteiger partial charge in [-0.3, -0.25) is 9.08 Å². The average molecular weight is 297 g/mol. The summed E-state index contributed by atoms with van der Waals surface area (Å²) in [7, 11) is 0. The van der Waals surface area contributed by atoms with Gasteiger partial charge in [-0.1, -0.05) is 0 Å². The third-order valence-corrected chi connectivity index (χ3v) is 3.78. The summed E-state index contributed by atoms with van der Waals surface area (Å²) in [6.07, 6.45) is 5.48. The zero-order valence-corrected chi connectivity index (χ0v) is 12.1. The smallest absolute Gasteiger partial charge is 0.243 e. The van der Waals surface area contributed by atoms with Crippen LogP contribution in [0.3, 0.4) is 0 Å². The number of nitrogens with zero attached hydrogens (tertiary/aromatic N) is 4. The second kappa shape index (κ2) is 4.86. The molecule has 0 fully saturated rings. The highest BCUT2D eigenvalue weighted by atomic mass is 35.5. The van der Waals surface area contributed by atoms with E-state index in [0.29, 0.717) is 23.6 Å². The Morgan fingerprint density at radius 3 is 3.00 bits per heavy atom. The van der Waals surface area contributed by atoms with Crippen LogP contribution in [0.4, 0.5) is 0 Å². The van der Waals surface area contributed by atoms with Gasteiger partial charge in [-0.15, -0.1) is 22.9 Å². The normalized spacial score (nSPS) is 11.6. The summed E-state index contributed by atoms with van der Waals surface area (Å²) in [5.74, 6) is 1.57. The minimum absolute atomic E-state index is 0.301. The second-order valence-corrected chi connectivity index (χ2v) is 5.54. The first-order chi connectivity index (χ1) is 9.19. The molecule has 0 aliphatic heterocycles. The van der Waals surface area contributed by atoms with Crippen LogP contribution in [-0.4, -0.2) is 19.2 Å². The summed E-state index contributed by atoms with van der Waals surface area (Å²) in [6, 6.07) is 0.301. The number of aromatic nitrogens is 4. The fourth-order valence-electron chi connectivity index (χ4n) is 1.78. The molecule has 0 bridgehead atoms. The van der Waals surface area contributed by atoms with Crippen molar-refractivity contribution in [2.45, 2.75) is 25.8 Å². The Morgan fingerprint density at radius 1 is 1.47 bits per heavy atom. The number of hydrogen-bond acceptors (Lipinski definition) is 4. The Balaban J connectivity index is 1.93. The van der Waals surface area contributed by atoms with Crippen LogP contribution in [0.2, 0.25) is 0 Å². The van der Waals surface area contributed by atoms with Crippen molar-refractivity contribution in [1.82, 2.24) is 19.2 Å². The fraction of sp³-hybridized carbons (Fsp3) is 0.333. The van der Waals surface area contributed by atoms with Crippen molar-refractivity contribution in [3.63, 3.8) is 0 Å². The maximum Gasteiger partial charge on any atom is 0.243 e. The molecule has 0 saturated carbocycles. The van der Waals surface area contributed by atoms with Crippen LogP contribution in [0.1, 0.15) is 25.6 Å². The van der Waals surface area contributed by atoms with Gasteiger partial charge < -0.3 is 4.74 Å². The lowest BCUT2D eigenvalue weighted by molar-refractivity contribution is 0.457. The lowest BCUT2D eigenvalue weighted by Crippen LogP contribution is -1.99. The predicted octanol–water partition coefficient (Wildman–Crippen LogP) is 3.70. The molecule has 0 amide bonds. The summed E-state index contributed by atoms with van der Waals surface area (Å²) in [5.41, 5.74) is 0.857. The van der Waals surface area contributed by atoms with E-state index in [1.807, 2.05) is 26.9 Å². The Bertz CT molecular complexity index is 700. The SMILES string of the molecule is CC(C)n1cc(Oc2nc3sccn3c2CCl)cn1. The molecule has 0 saturated heterocycles. The molecule has 3 aromatic heterocycles. The lowest BCUT2D eigenvalue weighted by atomic mass is 10.4. The van der Waals surface area contributed by atoms with E-state index in [2.05, 4.69) is 23.9 Å². The van der Waals surface area contributed by atoms with E-state index in [4.69, 9.17) is 16.3 Å². The van der Waals surface area contributed by atoms with E-state index < -0.39 is 0 Å². The van der Waals surface area contributed by atoms with Gasteiger partial charge in [-0.2, -0.15) is 10.1 Å². The minimum atomic E-state index is 0.301. The first-order valence-corrected chi connectivity index (χ1v) is 7.33. The lowest BCUT2D eigenvalue weighted by Gasteiger charge is -2.03. The van der Waals surface area contributed by atoms with Gasteiger partial charge in [0.25, 0.3) is 0 Å². The molecule has 0 unspecified atom stereocenters. The summed E-state index contributed by atoms with van der Waals surface area (Å²) in [4.78, 5) is 5.31. The third-order valence-electron chi connectivity index (χ3n) is 2.77. The van der Waals surface area contributed by atoms with Crippen molar-refractivity contribution >= 4 is 27.9 Å². The number of ether oxygens (including phenoxy) is 1. The van der Waals surface area contributed by atoms with Gasteiger partial charge in [0.05, 0.1) is 18.3 Å². The summed E-state index contributed by atoms with van der Waals surface area (Å²) < 4.78 is 9.57. The molecule has 0 N–H and O–H groups in total. The molecule has 19 heavy (non-hydrogen) atoms. The van der Waals surface area contributed by atoms with Crippen LogP contribution in [0.5, 0.6) is 11.6 Å². The van der Waals surface area contributed by atoms with Crippen LogP contribution >= 0.6 is 22.9 Å².